The smallest absolute Gasteiger partial charge is 0.257 e. The molecular formula is C20H27N3O3. The fourth-order valence-electron chi connectivity index (χ4n) is 3.48. The van der Waals surface area contributed by atoms with E-state index < -0.39 is 5.60 Å². The number of carbonyl (C=O) groups excluding carboxylic acids is 1. The van der Waals surface area contributed by atoms with E-state index in [4.69, 9.17) is 4.74 Å². The molecule has 2 aromatic rings. The number of aliphatic hydroxyl groups is 1. The number of aromatic nitrogens is 2. The zero-order chi connectivity index (χ0) is 18.6. The molecule has 3 rings (SSSR count). The number of hydrogen-bond acceptors (Lipinski definition) is 4. The van der Waals surface area contributed by atoms with Gasteiger partial charge in [0.1, 0.15) is 5.60 Å². The Morgan fingerprint density at radius 3 is 3.00 bits per heavy atom. The van der Waals surface area contributed by atoms with Crippen LogP contribution in [0.4, 0.5) is 0 Å². The van der Waals surface area contributed by atoms with Gasteiger partial charge in [-0.25, -0.2) is 0 Å². The second kappa shape index (κ2) is 8.01. The summed E-state index contributed by atoms with van der Waals surface area (Å²) in [6, 6.07) is 8.17. The van der Waals surface area contributed by atoms with Crippen LogP contribution in [0.15, 0.2) is 36.7 Å². The molecule has 0 radical (unpaired) electrons. The summed E-state index contributed by atoms with van der Waals surface area (Å²) in [5, 5.41) is 14.3. The quantitative estimate of drug-likeness (QED) is 0.859. The van der Waals surface area contributed by atoms with E-state index in [0.717, 1.165) is 18.5 Å². The van der Waals surface area contributed by atoms with E-state index in [1.165, 1.54) is 5.56 Å². The van der Waals surface area contributed by atoms with Gasteiger partial charge < -0.3 is 14.7 Å². The van der Waals surface area contributed by atoms with Crippen molar-refractivity contribution in [3.63, 3.8) is 0 Å². The van der Waals surface area contributed by atoms with Gasteiger partial charge in [0, 0.05) is 25.7 Å². The van der Waals surface area contributed by atoms with Crippen LogP contribution in [0.5, 0.6) is 0 Å². The molecule has 1 aromatic carbocycles. The van der Waals surface area contributed by atoms with Gasteiger partial charge in [-0.05, 0) is 18.9 Å². The lowest BCUT2D eigenvalue weighted by atomic mass is 9.92. The highest BCUT2D eigenvalue weighted by molar-refractivity contribution is 5.93. The molecule has 1 N–H and O–H groups in total. The number of aliphatic hydroxyl groups excluding tert-OH is 1. The first-order chi connectivity index (χ1) is 12.5. The molecule has 140 valence electrons. The van der Waals surface area contributed by atoms with E-state index in [0.29, 0.717) is 31.7 Å². The van der Waals surface area contributed by atoms with Crippen LogP contribution in [0.2, 0.25) is 0 Å². The summed E-state index contributed by atoms with van der Waals surface area (Å²) in [4.78, 5) is 14.6. The number of ether oxygens (including phenoxy) is 1. The minimum Gasteiger partial charge on any atom is -0.393 e. The third kappa shape index (κ3) is 4.14. The molecule has 1 amide bonds. The predicted molar refractivity (Wildman–Crippen MR) is 99.1 cm³/mol. The van der Waals surface area contributed by atoms with Gasteiger partial charge in [-0.2, -0.15) is 5.10 Å². The Morgan fingerprint density at radius 1 is 1.42 bits per heavy atom. The molecular weight excluding hydrogens is 330 g/mol. The Balaban J connectivity index is 1.74. The van der Waals surface area contributed by atoms with Gasteiger partial charge >= 0.3 is 0 Å². The van der Waals surface area contributed by atoms with Crippen molar-refractivity contribution in [3.05, 3.63) is 53.3 Å². The van der Waals surface area contributed by atoms with Gasteiger partial charge in [-0.15, -0.1) is 0 Å². The fourth-order valence-corrected chi connectivity index (χ4v) is 3.48. The number of nitrogens with zero attached hydrogens (tertiary/aromatic N) is 3. The lowest BCUT2D eigenvalue weighted by molar-refractivity contribution is -0.123. The molecule has 1 fully saturated rings. The number of amides is 1. The van der Waals surface area contributed by atoms with Crippen molar-refractivity contribution in [1.82, 2.24) is 14.7 Å². The Hall–Kier alpha value is -2.18. The van der Waals surface area contributed by atoms with Crippen LogP contribution in [0, 0.1) is 6.92 Å². The van der Waals surface area contributed by atoms with Gasteiger partial charge in [-0.1, -0.05) is 36.8 Å². The van der Waals surface area contributed by atoms with Crippen molar-refractivity contribution in [2.45, 2.75) is 38.8 Å². The molecule has 6 heteroatoms. The average Bonchev–Trinajstić information content (AvgIpc) is 3.10. The minimum absolute atomic E-state index is 0.0577. The normalized spacial score (nSPS) is 20.3. The highest BCUT2D eigenvalue weighted by atomic mass is 16.5. The van der Waals surface area contributed by atoms with Crippen LogP contribution < -0.4 is 0 Å². The molecule has 0 saturated carbocycles. The van der Waals surface area contributed by atoms with Crippen LogP contribution >= 0.6 is 0 Å². The Kier molecular flexibility index (Phi) is 5.74. The van der Waals surface area contributed by atoms with E-state index in [1.54, 1.807) is 22.0 Å². The van der Waals surface area contributed by atoms with Crippen molar-refractivity contribution in [1.29, 1.82) is 0 Å². The lowest BCUT2D eigenvalue weighted by Gasteiger charge is -2.41. The summed E-state index contributed by atoms with van der Waals surface area (Å²) in [6.45, 7) is 6.10. The summed E-state index contributed by atoms with van der Waals surface area (Å²) in [5.41, 5.74) is 2.09. The third-order valence-electron chi connectivity index (χ3n) is 4.77. The minimum atomic E-state index is -0.763. The molecule has 0 unspecified atom stereocenters. The van der Waals surface area contributed by atoms with Crippen LogP contribution in [-0.4, -0.2) is 57.6 Å². The van der Waals surface area contributed by atoms with E-state index in [2.05, 4.69) is 18.1 Å². The van der Waals surface area contributed by atoms with Crippen molar-refractivity contribution >= 4 is 5.91 Å². The van der Waals surface area contributed by atoms with Gasteiger partial charge in [-0.3, -0.25) is 9.48 Å². The SMILES string of the molecule is CCCn1cc(C(=O)N2CCO[C@@](CO)(Cc3cccc(C)c3)C2)cn1. The molecule has 0 bridgehead atoms. The third-order valence-corrected chi connectivity index (χ3v) is 4.77. The number of benzene rings is 1. The molecule has 0 aliphatic carbocycles. The number of carbonyl (C=O) groups is 1. The van der Waals surface area contributed by atoms with E-state index in [1.807, 2.05) is 25.1 Å². The molecule has 1 saturated heterocycles. The molecule has 1 aromatic heterocycles. The highest BCUT2D eigenvalue weighted by Crippen LogP contribution is 2.24. The first kappa shape index (κ1) is 18.6. The molecule has 0 spiro atoms. The van der Waals surface area contributed by atoms with Crippen molar-refractivity contribution in [2.75, 3.05) is 26.3 Å². The van der Waals surface area contributed by atoms with Crippen LogP contribution in [0.3, 0.4) is 0 Å². The van der Waals surface area contributed by atoms with Gasteiger partial charge in [0.05, 0.1) is 31.5 Å². The monoisotopic (exact) mass is 357 g/mol. The van der Waals surface area contributed by atoms with E-state index in [-0.39, 0.29) is 12.5 Å². The van der Waals surface area contributed by atoms with Crippen LogP contribution in [0.25, 0.3) is 0 Å². The van der Waals surface area contributed by atoms with Crippen LogP contribution in [0.1, 0.15) is 34.8 Å². The second-order valence-electron chi connectivity index (χ2n) is 7.07. The van der Waals surface area contributed by atoms with Gasteiger partial charge in [0.25, 0.3) is 5.91 Å². The Bertz CT molecular complexity index is 758. The predicted octanol–water partition coefficient (Wildman–Crippen LogP) is 2.05. The van der Waals surface area contributed by atoms with Crippen LogP contribution in [-0.2, 0) is 17.7 Å². The number of aryl methyl sites for hydroxylation is 2. The topological polar surface area (TPSA) is 67.6 Å². The molecule has 1 aliphatic heterocycles. The molecule has 6 nitrogen and oxygen atoms in total. The van der Waals surface area contributed by atoms with E-state index >= 15 is 0 Å². The molecule has 26 heavy (non-hydrogen) atoms. The maximum atomic E-state index is 12.9. The Morgan fingerprint density at radius 2 is 2.27 bits per heavy atom. The lowest BCUT2D eigenvalue weighted by Crippen LogP contribution is -2.56. The second-order valence-corrected chi connectivity index (χ2v) is 7.07. The first-order valence-electron chi connectivity index (χ1n) is 9.17. The maximum absolute atomic E-state index is 12.9. The molecule has 1 atom stereocenters. The number of morpholine rings is 1. The maximum Gasteiger partial charge on any atom is 0.257 e. The van der Waals surface area contributed by atoms with E-state index in [9.17, 15) is 9.90 Å². The zero-order valence-electron chi connectivity index (χ0n) is 15.5. The average molecular weight is 357 g/mol. The summed E-state index contributed by atoms with van der Waals surface area (Å²) in [5.74, 6) is -0.0577. The Labute approximate surface area is 154 Å². The van der Waals surface area contributed by atoms with Crippen molar-refractivity contribution in [2.24, 2.45) is 0 Å². The van der Waals surface area contributed by atoms with Gasteiger partial charge in [0.15, 0.2) is 0 Å². The summed E-state index contributed by atoms with van der Waals surface area (Å²) < 4.78 is 7.75. The summed E-state index contributed by atoms with van der Waals surface area (Å²) >= 11 is 0. The summed E-state index contributed by atoms with van der Waals surface area (Å²) in [7, 11) is 0. The standard InChI is InChI=1S/C20H27N3O3/c1-3-7-23-13-18(12-21-23)19(25)22-8-9-26-20(14-22,15-24)11-17-6-4-5-16(2)10-17/h4-6,10,12-13,24H,3,7-9,11,14-15H2,1-2H3/t20-/m0/s1. The number of hydrogen-bond donors (Lipinski definition) is 1. The number of rotatable bonds is 6. The van der Waals surface area contributed by atoms with Crippen molar-refractivity contribution < 1.29 is 14.6 Å². The van der Waals surface area contributed by atoms with Gasteiger partial charge in [0.2, 0.25) is 0 Å². The first-order valence-corrected chi connectivity index (χ1v) is 9.17. The van der Waals surface area contributed by atoms with Crippen molar-refractivity contribution in [3.8, 4) is 0 Å². The summed E-state index contributed by atoms with van der Waals surface area (Å²) in [6.07, 6.45) is 4.96. The fraction of sp³-hybridized carbons (Fsp3) is 0.500. The zero-order valence-corrected chi connectivity index (χ0v) is 15.5. The highest BCUT2D eigenvalue weighted by Gasteiger charge is 2.38. The largest absolute Gasteiger partial charge is 0.393 e. The molecule has 1 aliphatic rings. The molecule has 2 heterocycles.